The number of benzene rings is 1. The van der Waals surface area contributed by atoms with Crippen LogP contribution in [0.2, 0.25) is 0 Å². The number of hydrogen-bond acceptors (Lipinski definition) is 7. The third kappa shape index (κ3) is 4.24. The van der Waals surface area contributed by atoms with E-state index >= 15 is 0 Å². The molecule has 9 nitrogen and oxygen atoms in total. The second kappa shape index (κ2) is 8.20. The Morgan fingerprint density at radius 1 is 1.07 bits per heavy atom. The summed E-state index contributed by atoms with van der Waals surface area (Å²) in [7, 11) is 0. The van der Waals surface area contributed by atoms with Crippen LogP contribution in [0.1, 0.15) is 34.2 Å². The van der Waals surface area contributed by atoms with Gasteiger partial charge in [-0.25, -0.2) is 4.63 Å². The molecular weight excluding hydrogens is 374 g/mol. The Morgan fingerprint density at radius 2 is 1.86 bits per heavy atom. The van der Waals surface area contributed by atoms with Crippen molar-refractivity contribution in [3.8, 4) is 5.75 Å². The second-order valence-corrected chi connectivity index (χ2v) is 7.50. The number of aromatic nitrogens is 2. The summed E-state index contributed by atoms with van der Waals surface area (Å²) in [6.07, 6.45) is 0. The lowest BCUT2D eigenvalue weighted by molar-refractivity contribution is -0.130. The van der Waals surface area contributed by atoms with E-state index in [9.17, 15) is 9.59 Å². The van der Waals surface area contributed by atoms with E-state index in [0.29, 0.717) is 25.4 Å². The standard InChI is InChI=1S/C20H25N5O4/c1-14-19(22-29-21-14)20(27)25-9-10-28-18-4-3-16(11-17(18)13-25)12-23-5-7-24(8-6-23)15(2)26/h3-4,11H,5-10,12-13H2,1-2H3. The molecule has 2 aliphatic heterocycles. The molecule has 2 aliphatic rings. The highest BCUT2D eigenvalue weighted by atomic mass is 16.6. The molecule has 29 heavy (non-hydrogen) atoms. The van der Waals surface area contributed by atoms with Crippen molar-refractivity contribution in [1.82, 2.24) is 25.0 Å². The second-order valence-electron chi connectivity index (χ2n) is 7.50. The van der Waals surface area contributed by atoms with Crippen molar-refractivity contribution in [3.05, 3.63) is 40.7 Å². The molecule has 0 N–H and O–H groups in total. The first-order valence-corrected chi connectivity index (χ1v) is 9.82. The van der Waals surface area contributed by atoms with Crippen molar-refractivity contribution in [2.24, 2.45) is 0 Å². The Hall–Kier alpha value is -2.94. The van der Waals surface area contributed by atoms with Gasteiger partial charge in [0.2, 0.25) is 5.91 Å². The molecule has 9 heteroatoms. The number of carbonyl (C=O) groups excluding carboxylic acids is 2. The molecule has 2 amide bonds. The van der Waals surface area contributed by atoms with E-state index in [1.54, 1.807) is 18.7 Å². The molecule has 0 spiro atoms. The number of rotatable bonds is 3. The van der Waals surface area contributed by atoms with Crippen LogP contribution in [0.5, 0.6) is 5.75 Å². The van der Waals surface area contributed by atoms with Gasteiger partial charge in [-0.05, 0) is 29.8 Å². The number of fused-ring (bicyclic) bond motifs is 1. The van der Waals surface area contributed by atoms with E-state index in [2.05, 4.69) is 32.0 Å². The first-order valence-electron chi connectivity index (χ1n) is 9.82. The normalized spacial score (nSPS) is 17.4. The van der Waals surface area contributed by atoms with Crippen molar-refractivity contribution >= 4 is 11.8 Å². The predicted molar refractivity (Wildman–Crippen MR) is 103 cm³/mol. The first kappa shape index (κ1) is 19.4. The quantitative estimate of drug-likeness (QED) is 0.762. The molecule has 1 fully saturated rings. The fraction of sp³-hybridized carbons (Fsp3) is 0.500. The Bertz CT molecular complexity index is 904. The molecular formula is C20H25N5O4. The molecule has 0 radical (unpaired) electrons. The molecule has 1 saturated heterocycles. The van der Waals surface area contributed by atoms with Gasteiger partial charge < -0.3 is 14.5 Å². The lowest BCUT2D eigenvalue weighted by atomic mass is 10.1. The van der Waals surface area contributed by atoms with Gasteiger partial charge in [0.1, 0.15) is 18.1 Å². The van der Waals surface area contributed by atoms with Crippen LogP contribution in [-0.4, -0.2) is 76.2 Å². The van der Waals surface area contributed by atoms with E-state index in [1.807, 2.05) is 11.0 Å². The highest BCUT2D eigenvalue weighted by Gasteiger charge is 2.26. The molecule has 0 unspecified atom stereocenters. The van der Waals surface area contributed by atoms with Gasteiger partial charge in [0.15, 0.2) is 5.69 Å². The molecule has 1 aromatic heterocycles. The Balaban J connectivity index is 1.45. The van der Waals surface area contributed by atoms with E-state index < -0.39 is 0 Å². The van der Waals surface area contributed by atoms with Gasteiger partial charge in [-0.15, -0.1) is 0 Å². The van der Waals surface area contributed by atoms with E-state index in [-0.39, 0.29) is 17.5 Å². The zero-order valence-corrected chi connectivity index (χ0v) is 16.8. The van der Waals surface area contributed by atoms with Crippen molar-refractivity contribution in [2.45, 2.75) is 26.9 Å². The smallest absolute Gasteiger partial charge is 0.278 e. The molecule has 2 aromatic rings. The third-order valence-electron chi connectivity index (χ3n) is 5.47. The van der Waals surface area contributed by atoms with Crippen LogP contribution < -0.4 is 4.74 Å². The summed E-state index contributed by atoms with van der Waals surface area (Å²) in [6.45, 7) is 8.71. The fourth-order valence-corrected chi connectivity index (χ4v) is 3.77. The molecule has 4 rings (SSSR count). The zero-order valence-electron chi connectivity index (χ0n) is 16.8. The maximum Gasteiger partial charge on any atom is 0.278 e. The van der Waals surface area contributed by atoms with E-state index in [1.165, 1.54) is 0 Å². The van der Waals surface area contributed by atoms with Gasteiger partial charge in [-0.2, -0.15) is 0 Å². The minimum Gasteiger partial charge on any atom is -0.491 e. The van der Waals surface area contributed by atoms with Gasteiger partial charge in [-0.3, -0.25) is 14.5 Å². The van der Waals surface area contributed by atoms with Crippen molar-refractivity contribution < 1.29 is 19.0 Å². The predicted octanol–water partition coefficient (Wildman–Crippen LogP) is 1.08. The third-order valence-corrected chi connectivity index (χ3v) is 5.47. The van der Waals surface area contributed by atoms with Gasteiger partial charge in [0, 0.05) is 51.8 Å². The number of amides is 2. The van der Waals surface area contributed by atoms with Crippen LogP contribution in [0.25, 0.3) is 0 Å². The van der Waals surface area contributed by atoms with Crippen LogP contribution in [-0.2, 0) is 17.9 Å². The number of aryl methyl sites for hydroxylation is 1. The van der Waals surface area contributed by atoms with Crippen LogP contribution >= 0.6 is 0 Å². The van der Waals surface area contributed by atoms with Gasteiger partial charge in [0.05, 0.1) is 6.54 Å². The molecule has 0 bridgehead atoms. The highest BCUT2D eigenvalue weighted by molar-refractivity contribution is 5.93. The lowest BCUT2D eigenvalue weighted by Gasteiger charge is -2.34. The topological polar surface area (TPSA) is 92.0 Å². The highest BCUT2D eigenvalue weighted by Crippen LogP contribution is 2.26. The van der Waals surface area contributed by atoms with Crippen LogP contribution in [0.3, 0.4) is 0 Å². The summed E-state index contributed by atoms with van der Waals surface area (Å²) in [5.74, 6) is 0.737. The minimum atomic E-state index is -0.203. The van der Waals surface area contributed by atoms with Gasteiger partial charge in [0.25, 0.3) is 5.91 Å². The summed E-state index contributed by atoms with van der Waals surface area (Å²) in [5, 5.41) is 7.44. The lowest BCUT2D eigenvalue weighted by Crippen LogP contribution is -2.47. The SMILES string of the molecule is CC(=O)N1CCN(Cc2ccc3c(c2)CN(C(=O)c2nonc2C)CCO3)CC1. The first-order chi connectivity index (χ1) is 14.0. The van der Waals surface area contributed by atoms with Crippen LogP contribution in [0, 0.1) is 6.92 Å². The fourth-order valence-electron chi connectivity index (χ4n) is 3.77. The Labute approximate surface area is 169 Å². The summed E-state index contributed by atoms with van der Waals surface area (Å²) in [5.41, 5.74) is 2.87. The van der Waals surface area contributed by atoms with Crippen LogP contribution in [0.15, 0.2) is 22.8 Å². The van der Waals surface area contributed by atoms with E-state index in [0.717, 1.165) is 49.6 Å². The minimum absolute atomic E-state index is 0.133. The van der Waals surface area contributed by atoms with E-state index in [4.69, 9.17) is 4.74 Å². The number of hydrogen-bond donors (Lipinski definition) is 0. The van der Waals surface area contributed by atoms with Crippen molar-refractivity contribution in [3.63, 3.8) is 0 Å². The number of nitrogens with zero attached hydrogens (tertiary/aromatic N) is 5. The summed E-state index contributed by atoms with van der Waals surface area (Å²) < 4.78 is 10.5. The molecule has 154 valence electrons. The average molecular weight is 399 g/mol. The van der Waals surface area contributed by atoms with Crippen LogP contribution in [0.4, 0.5) is 0 Å². The number of carbonyl (C=O) groups is 2. The molecule has 1 aromatic carbocycles. The van der Waals surface area contributed by atoms with Gasteiger partial charge >= 0.3 is 0 Å². The molecule has 0 atom stereocenters. The zero-order chi connectivity index (χ0) is 20.4. The molecule has 0 aliphatic carbocycles. The molecule has 0 saturated carbocycles. The summed E-state index contributed by atoms with van der Waals surface area (Å²) >= 11 is 0. The van der Waals surface area contributed by atoms with Crippen molar-refractivity contribution in [2.75, 3.05) is 39.3 Å². The Morgan fingerprint density at radius 3 is 2.55 bits per heavy atom. The summed E-state index contributed by atoms with van der Waals surface area (Å²) in [4.78, 5) is 30.2. The Kier molecular flexibility index (Phi) is 5.48. The molecule has 3 heterocycles. The number of piperazine rings is 1. The monoisotopic (exact) mass is 399 g/mol. The maximum absolute atomic E-state index is 12.8. The number of ether oxygens (including phenoxy) is 1. The van der Waals surface area contributed by atoms with Gasteiger partial charge in [-0.1, -0.05) is 11.2 Å². The summed E-state index contributed by atoms with van der Waals surface area (Å²) in [6, 6.07) is 6.15. The average Bonchev–Trinajstić information content (AvgIpc) is 3.02. The largest absolute Gasteiger partial charge is 0.491 e. The van der Waals surface area contributed by atoms with Crippen molar-refractivity contribution in [1.29, 1.82) is 0 Å². The maximum atomic E-state index is 12.8.